The van der Waals surface area contributed by atoms with Crippen molar-refractivity contribution in [2.75, 3.05) is 6.61 Å². The van der Waals surface area contributed by atoms with E-state index in [1.165, 1.54) is 0 Å². The summed E-state index contributed by atoms with van der Waals surface area (Å²) in [6, 6.07) is 20.8. The maximum absolute atomic E-state index is 12.2. The fourth-order valence-corrected chi connectivity index (χ4v) is 3.31. The van der Waals surface area contributed by atoms with Gasteiger partial charge in [0, 0.05) is 17.3 Å². The Morgan fingerprint density at radius 1 is 1.16 bits per heavy atom. The van der Waals surface area contributed by atoms with E-state index in [0.29, 0.717) is 11.3 Å². The van der Waals surface area contributed by atoms with Gasteiger partial charge in [0.2, 0.25) is 0 Å². The highest BCUT2D eigenvalue weighted by atomic mass is 79.9. The number of amides is 1. The molecule has 0 aliphatic rings. The minimum absolute atomic E-state index is 0.164. The van der Waals surface area contributed by atoms with Crippen molar-refractivity contribution < 1.29 is 13.9 Å². The van der Waals surface area contributed by atoms with Crippen LogP contribution in [0, 0.1) is 0 Å². The first-order valence-electron chi connectivity index (χ1n) is 10.1. The van der Waals surface area contributed by atoms with Crippen LogP contribution in [0.3, 0.4) is 0 Å². The zero-order chi connectivity index (χ0) is 22.3. The summed E-state index contributed by atoms with van der Waals surface area (Å²) in [7, 11) is 0. The molecule has 2 aromatic carbocycles. The van der Waals surface area contributed by atoms with E-state index in [2.05, 4.69) is 33.4 Å². The first kappa shape index (κ1) is 21.6. The van der Waals surface area contributed by atoms with Crippen molar-refractivity contribution in [3.05, 3.63) is 88.9 Å². The van der Waals surface area contributed by atoms with Crippen LogP contribution in [0.15, 0.2) is 87.1 Å². The van der Waals surface area contributed by atoms with Gasteiger partial charge in [0.05, 0.1) is 18.5 Å². The summed E-state index contributed by atoms with van der Waals surface area (Å²) in [4.78, 5) is 12.2. The number of halogens is 1. The zero-order valence-corrected chi connectivity index (χ0v) is 19.0. The summed E-state index contributed by atoms with van der Waals surface area (Å²) in [5.74, 6) is 0.531. The Balaban J connectivity index is 1.61. The molecule has 2 aromatic heterocycles. The molecule has 0 radical (unpaired) electrons. The number of hydrazone groups is 1. The number of nitrogens with one attached hydrogen (secondary N) is 1. The fraction of sp³-hybridized carbons (Fsp3) is 0.125. The molecule has 7 nitrogen and oxygen atoms in total. The Labute approximate surface area is 193 Å². The summed E-state index contributed by atoms with van der Waals surface area (Å²) >= 11 is 3.18. The Hall–Kier alpha value is -3.65. The van der Waals surface area contributed by atoms with Crippen LogP contribution in [0.4, 0.5) is 0 Å². The van der Waals surface area contributed by atoms with Crippen LogP contribution in [0.5, 0.6) is 5.75 Å². The second kappa shape index (κ2) is 10.1. The monoisotopic (exact) mass is 492 g/mol. The molecule has 1 amide bonds. The summed E-state index contributed by atoms with van der Waals surface area (Å²) in [5, 5.41) is 8.85. The molecule has 2 heterocycles. The van der Waals surface area contributed by atoms with Crippen molar-refractivity contribution in [1.29, 1.82) is 0 Å². The minimum atomic E-state index is -0.443. The van der Waals surface area contributed by atoms with Gasteiger partial charge in [-0.25, -0.2) is 10.1 Å². The van der Waals surface area contributed by atoms with Gasteiger partial charge in [0.15, 0.2) is 10.4 Å². The van der Waals surface area contributed by atoms with Crippen molar-refractivity contribution in [2.24, 2.45) is 5.10 Å². The van der Waals surface area contributed by atoms with Crippen LogP contribution in [-0.2, 0) is 0 Å². The Morgan fingerprint density at radius 2 is 1.94 bits per heavy atom. The predicted molar refractivity (Wildman–Crippen MR) is 126 cm³/mol. The van der Waals surface area contributed by atoms with Gasteiger partial charge in [-0.1, -0.05) is 25.1 Å². The van der Waals surface area contributed by atoms with E-state index in [4.69, 9.17) is 14.3 Å². The number of hydrogen-bond acceptors (Lipinski definition) is 5. The van der Waals surface area contributed by atoms with Gasteiger partial charge in [-0.2, -0.15) is 10.2 Å². The first-order chi connectivity index (χ1) is 15.6. The molecular weight excluding hydrogens is 472 g/mol. The number of hydrogen-bond donors (Lipinski definition) is 1. The van der Waals surface area contributed by atoms with Crippen LogP contribution < -0.4 is 10.2 Å². The van der Waals surface area contributed by atoms with Gasteiger partial charge in [0.25, 0.3) is 0 Å². The van der Waals surface area contributed by atoms with Gasteiger partial charge in [-0.15, -0.1) is 0 Å². The zero-order valence-electron chi connectivity index (χ0n) is 17.4. The lowest BCUT2D eigenvalue weighted by atomic mass is 10.1. The van der Waals surface area contributed by atoms with Crippen molar-refractivity contribution in [3.63, 3.8) is 0 Å². The molecular formula is C24H21BrN4O3. The molecule has 0 atom stereocenters. The number of rotatable bonds is 8. The van der Waals surface area contributed by atoms with Gasteiger partial charge in [0.1, 0.15) is 11.4 Å². The van der Waals surface area contributed by atoms with E-state index in [9.17, 15) is 4.79 Å². The molecule has 0 fully saturated rings. The number of nitrogens with zero attached hydrogens (tertiary/aromatic N) is 3. The van der Waals surface area contributed by atoms with Gasteiger partial charge < -0.3 is 9.15 Å². The molecule has 0 unspecified atom stereocenters. The molecule has 0 spiro atoms. The van der Waals surface area contributed by atoms with Gasteiger partial charge in [-0.05, 0) is 70.9 Å². The maximum atomic E-state index is 12.2. The smallest absolute Gasteiger partial charge is 0.307 e. The Bertz CT molecular complexity index is 1210. The van der Waals surface area contributed by atoms with Crippen molar-refractivity contribution >= 4 is 28.1 Å². The predicted octanol–water partition coefficient (Wildman–Crippen LogP) is 5.45. The molecule has 8 heteroatoms. The average molecular weight is 493 g/mol. The molecule has 0 bridgehead atoms. The van der Waals surface area contributed by atoms with E-state index in [1.54, 1.807) is 23.0 Å². The molecule has 4 rings (SSSR count). The number of carbonyl (C=O) groups is 1. The maximum Gasteiger partial charge on any atom is 0.307 e. The van der Waals surface area contributed by atoms with Gasteiger partial charge in [-0.3, -0.25) is 4.79 Å². The minimum Gasteiger partial charge on any atom is -0.494 e. The second-order valence-corrected chi connectivity index (χ2v) is 7.67. The molecule has 0 saturated carbocycles. The normalized spacial score (nSPS) is 11.1. The molecule has 162 valence electrons. The molecule has 32 heavy (non-hydrogen) atoms. The van der Waals surface area contributed by atoms with Crippen LogP contribution in [0.1, 0.15) is 29.5 Å². The van der Waals surface area contributed by atoms with Gasteiger partial charge >= 0.3 is 5.91 Å². The third kappa shape index (κ3) is 5.15. The highest BCUT2D eigenvalue weighted by Gasteiger charge is 2.13. The van der Waals surface area contributed by atoms with Crippen molar-refractivity contribution in [1.82, 2.24) is 15.2 Å². The molecule has 0 aliphatic heterocycles. The summed E-state index contributed by atoms with van der Waals surface area (Å²) in [5.41, 5.74) is 5.78. The second-order valence-electron chi connectivity index (χ2n) is 6.89. The lowest BCUT2D eigenvalue weighted by Crippen LogP contribution is -2.16. The largest absolute Gasteiger partial charge is 0.494 e. The van der Waals surface area contributed by atoms with E-state index < -0.39 is 5.91 Å². The standard InChI is InChI=1S/C24H21BrN4O3/c1-2-14-31-20-10-8-17(9-11-20)23-18(16-29(28-23)19-6-4-3-5-7-19)15-26-27-24(30)21-12-13-22(25)32-21/h3-13,15-16H,2,14H2,1H3,(H,27,30). The first-order valence-corrected chi connectivity index (χ1v) is 10.9. The van der Waals surface area contributed by atoms with Crippen LogP contribution in [0.25, 0.3) is 16.9 Å². The van der Waals surface area contributed by atoms with Crippen molar-refractivity contribution in [3.8, 4) is 22.7 Å². The van der Waals surface area contributed by atoms with Crippen LogP contribution in [-0.4, -0.2) is 28.5 Å². The highest BCUT2D eigenvalue weighted by Crippen LogP contribution is 2.25. The SMILES string of the molecule is CCCOc1ccc(-c2nn(-c3ccccc3)cc2C=NNC(=O)c2ccc(Br)o2)cc1. The highest BCUT2D eigenvalue weighted by molar-refractivity contribution is 9.10. The lowest BCUT2D eigenvalue weighted by molar-refractivity contribution is 0.0926. The molecule has 0 saturated heterocycles. The number of benzene rings is 2. The lowest BCUT2D eigenvalue weighted by Gasteiger charge is -2.05. The van der Waals surface area contributed by atoms with E-state index in [-0.39, 0.29) is 5.76 Å². The molecule has 0 aliphatic carbocycles. The summed E-state index contributed by atoms with van der Waals surface area (Å²) < 4.78 is 13.2. The van der Waals surface area contributed by atoms with E-state index in [1.807, 2.05) is 60.8 Å². The average Bonchev–Trinajstić information content (AvgIpc) is 3.45. The topological polar surface area (TPSA) is 81.6 Å². The summed E-state index contributed by atoms with van der Waals surface area (Å²) in [6.45, 7) is 2.74. The number of para-hydroxylation sites is 1. The number of carbonyl (C=O) groups excluding carboxylic acids is 1. The quantitative estimate of drug-likeness (QED) is 0.262. The third-order valence-corrected chi connectivity index (χ3v) is 4.96. The van der Waals surface area contributed by atoms with Crippen molar-refractivity contribution in [2.45, 2.75) is 13.3 Å². The summed E-state index contributed by atoms with van der Waals surface area (Å²) in [6.07, 6.45) is 4.38. The van der Waals surface area contributed by atoms with E-state index in [0.717, 1.165) is 34.7 Å². The Morgan fingerprint density at radius 3 is 2.62 bits per heavy atom. The van der Waals surface area contributed by atoms with Crippen LogP contribution >= 0.6 is 15.9 Å². The number of aromatic nitrogens is 2. The van der Waals surface area contributed by atoms with E-state index >= 15 is 0 Å². The molecule has 1 N–H and O–H groups in total. The number of furan rings is 1. The Kier molecular flexibility index (Phi) is 6.81. The third-order valence-electron chi connectivity index (χ3n) is 4.53. The van der Waals surface area contributed by atoms with Crippen LogP contribution in [0.2, 0.25) is 0 Å². The fourth-order valence-electron chi connectivity index (χ4n) is 3.00. The number of ether oxygens (including phenoxy) is 1. The molecule has 4 aromatic rings.